The van der Waals surface area contributed by atoms with Gasteiger partial charge in [-0.1, -0.05) is 18.5 Å². The van der Waals surface area contributed by atoms with Crippen LogP contribution in [0.4, 0.5) is 5.69 Å². The first-order valence-electron chi connectivity index (χ1n) is 5.28. The van der Waals surface area contributed by atoms with E-state index in [1.807, 2.05) is 13.0 Å². The number of halogens is 1. The van der Waals surface area contributed by atoms with Gasteiger partial charge in [0.2, 0.25) is 0 Å². The number of rotatable bonds is 6. The minimum absolute atomic E-state index is 0.0194. The van der Waals surface area contributed by atoms with E-state index in [0.717, 1.165) is 0 Å². The molecule has 0 bridgehead atoms. The molecule has 6 nitrogen and oxygen atoms in total. The second kappa shape index (κ2) is 6.79. The van der Waals surface area contributed by atoms with Crippen LogP contribution >= 0.6 is 11.6 Å². The normalized spacial score (nSPS) is 11.6. The van der Waals surface area contributed by atoms with Crippen molar-refractivity contribution < 1.29 is 9.66 Å². The van der Waals surface area contributed by atoms with Crippen molar-refractivity contribution in [2.45, 2.75) is 13.0 Å². The van der Waals surface area contributed by atoms with E-state index in [0.29, 0.717) is 11.6 Å². The summed E-state index contributed by atoms with van der Waals surface area (Å²) < 4.78 is 5.27. The number of nitriles is 1. The number of ether oxygens (including phenoxy) is 1. The molecule has 0 aliphatic carbocycles. The molecule has 1 atom stereocenters. The SMILES string of the molecule is CCNC(C#N)COc1cc(Cl)ccc1[N+](=O)[O-]. The summed E-state index contributed by atoms with van der Waals surface area (Å²) in [4.78, 5) is 10.2. The Labute approximate surface area is 109 Å². The number of likely N-dealkylation sites (N-methyl/N-ethyl adjacent to an activating group) is 1. The molecule has 1 rings (SSSR count). The third kappa shape index (κ3) is 3.87. The molecule has 0 aliphatic heterocycles. The van der Waals surface area contributed by atoms with Gasteiger partial charge >= 0.3 is 5.69 Å². The molecular weight excluding hydrogens is 258 g/mol. The van der Waals surface area contributed by atoms with Crippen LogP contribution in [0.3, 0.4) is 0 Å². The highest BCUT2D eigenvalue weighted by Gasteiger charge is 2.17. The minimum atomic E-state index is -0.555. The Kier molecular flexibility index (Phi) is 5.36. The molecule has 7 heteroatoms. The standard InChI is InChI=1S/C11H12ClN3O3/c1-2-14-9(6-13)7-18-11-5-8(12)3-4-10(11)15(16)17/h3-5,9,14H,2,7H2,1H3. The molecule has 0 saturated carbocycles. The quantitative estimate of drug-likeness (QED) is 0.631. The number of nitro benzene ring substituents is 1. The number of hydrogen-bond acceptors (Lipinski definition) is 5. The van der Waals surface area contributed by atoms with Crippen molar-refractivity contribution in [3.05, 3.63) is 33.3 Å². The molecule has 0 saturated heterocycles. The molecular formula is C11H12ClN3O3. The Morgan fingerprint density at radius 1 is 1.67 bits per heavy atom. The Bertz CT molecular complexity index is 473. The summed E-state index contributed by atoms with van der Waals surface area (Å²) in [5.74, 6) is 0.0608. The predicted octanol–water partition coefficient (Wildman–Crippen LogP) is 2.13. The van der Waals surface area contributed by atoms with E-state index in [1.165, 1.54) is 18.2 Å². The van der Waals surface area contributed by atoms with Gasteiger partial charge in [-0.25, -0.2) is 0 Å². The molecule has 1 unspecified atom stereocenters. The molecule has 0 amide bonds. The van der Waals surface area contributed by atoms with Crippen LogP contribution < -0.4 is 10.1 Å². The topological polar surface area (TPSA) is 88.2 Å². The van der Waals surface area contributed by atoms with Crippen LogP contribution in [0.1, 0.15) is 6.92 Å². The van der Waals surface area contributed by atoms with E-state index in [2.05, 4.69) is 5.32 Å². The van der Waals surface area contributed by atoms with E-state index in [-0.39, 0.29) is 18.0 Å². The van der Waals surface area contributed by atoms with Gasteiger partial charge < -0.3 is 4.74 Å². The highest BCUT2D eigenvalue weighted by atomic mass is 35.5. The molecule has 1 aromatic rings. The average molecular weight is 270 g/mol. The van der Waals surface area contributed by atoms with E-state index in [9.17, 15) is 10.1 Å². The lowest BCUT2D eigenvalue weighted by Gasteiger charge is -2.11. The van der Waals surface area contributed by atoms with Gasteiger partial charge in [0.05, 0.1) is 11.0 Å². The third-order valence-corrected chi connectivity index (χ3v) is 2.37. The van der Waals surface area contributed by atoms with Crippen LogP contribution in [-0.2, 0) is 0 Å². The summed E-state index contributed by atoms with van der Waals surface area (Å²) in [7, 11) is 0. The lowest BCUT2D eigenvalue weighted by atomic mass is 10.3. The van der Waals surface area contributed by atoms with Gasteiger partial charge in [-0.2, -0.15) is 5.26 Å². The molecule has 0 spiro atoms. The van der Waals surface area contributed by atoms with Crippen LogP contribution in [0.2, 0.25) is 5.02 Å². The maximum absolute atomic E-state index is 10.8. The second-order valence-electron chi connectivity index (χ2n) is 3.42. The van der Waals surface area contributed by atoms with E-state index in [1.54, 1.807) is 0 Å². The average Bonchev–Trinajstić information content (AvgIpc) is 2.34. The summed E-state index contributed by atoms with van der Waals surface area (Å²) >= 11 is 5.75. The van der Waals surface area contributed by atoms with Crippen molar-refractivity contribution >= 4 is 17.3 Å². The lowest BCUT2D eigenvalue weighted by Crippen LogP contribution is -2.33. The Hall–Kier alpha value is -1.84. The lowest BCUT2D eigenvalue weighted by molar-refractivity contribution is -0.385. The second-order valence-corrected chi connectivity index (χ2v) is 3.86. The largest absolute Gasteiger partial charge is 0.484 e. The first-order chi connectivity index (χ1) is 8.58. The van der Waals surface area contributed by atoms with E-state index in [4.69, 9.17) is 21.6 Å². The predicted molar refractivity (Wildman–Crippen MR) is 66.7 cm³/mol. The fraction of sp³-hybridized carbons (Fsp3) is 0.364. The zero-order chi connectivity index (χ0) is 13.5. The van der Waals surface area contributed by atoms with Gasteiger partial charge in [0, 0.05) is 17.2 Å². The van der Waals surface area contributed by atoms with Crippen LogP contribution in [0, 0.1) is 21.4 Å². The van der Waals surface area contributed by atoms with Crippen molar-refractivity contribution in [2.75, 3.05) is 13.2 Å². The number of nitrogens with zero attached hydrogens (tertiary/aromatic N) is 2. The third-order valence-electron chi connectivity index (χ3n) is 2.13. The van der Waals surface area contributed by atoms with Gasteiger partial charge in [-0.3, -0.25) is 15.4 Å². The highest BCUT2D eigenvalue weighted by Crippen LogP contribution is 2.29. The number of hydrogen-bond donors (Lipinski definition) is 1. The minimum Gasteiger partial charge on any atom is -0.484 e. The zero-order valence-electron chi connectivity index (χ0n) is 9.72. The van der Waals surface area contributed by atoms with Crippen molar-refractivity contribution in [1.82, 2.24) is 5.32 Å². The number of nitrogens with one attached hydrogen (secondary N) is 1. The van der Waals surface area contributed by atoms with Gasteiger partial charge in [-0.05, 0) is 12.6 Å². The Morgan fingerprint density at radius 3 is 2.94 bits per heavy atom. The Morgan fingerprint density at radius 2 is 2.39 bits per heavy atom. The maximum Gasteiger partial charge on any atom is 0.311 e. The van der Waals surface area contributed by atoms with Crippen molar-refractivity contribution in [1.29, 1.82) is 5.26 Å². The van der Waals surface area contributed by atoms with Crippen LogP contribution in [-0.4, -0.2) is 24.1 Å². The molecule has 1 aromatic carbocycles. The molecule has 96 valence electrons. The molecule has 1 N–H and O–H groups in total. The number of nitro groups is 1. The Balaban J connectivity index is 2.80. The molecule has 0 fully saturated rings. The summed E-state index contributed by atoms with van der Waals surface area (Å²) in [5, 5.41) is 22.8. The highest BCUT2D eigenvalue weighted by molar-refractivity contribution is 6.30. The molecule has 0 aliphatic rings. The van der Waals surface area contributed by atoms with Crippen LogP contribution in [0.15, 0.2) is 18.2 Å². The fourth-order valence-electron chi connectivity index (χ4n) is 1.32. The smallest absolute Gasteiger partial charge is 0.311 e. The summed E-state index contributed by atoms with van der Waals surface area (Å²) in [6, 6.07) is 5.52. The summed E-state index contributed by atoms with van der Waals surface area (Å²) in [6.45, 7) is 2.48. The zero-order valence-corrected chi connectivity index (χ0v) is 10.5. The van der Waals surface area contributed by atoms with E-state index < -0.39 is 11.0 Å². The molecule has 0 radical (unpaired) electrons. The summed E-state index contributed by atoms with van der Waals surface area (Å²) in [5.41, 5.74) is -0.174. The summed E-state index contributed by atoms with van der Waals surface area (Å²) in [6.07, 6.45) is 0. The van der Waals surface area contributed by atoms with Crippen molar-refractivity contribution in [3.63, 3.8) is 0 Å². The molecule has 0 aromatic heterocycles. The van der Waals surface area contributed by atoms with Crippen LogP contribution in [0.5, 0.6) is 5.75 Å². The van der Waals surface area contributed by atoms with Crippen molar-refractivity contribution in [3.8, 4) is 11.8 Å². The number of benzene rings is 1. The monoisotopic (exact) mass is 269 g/mol. The maximum atomic E-state index is 10.8. The first-order valence-corrected chi connectivity index (χ1v) is 5.66. The van der Waals surface area contributed by atoms with Gasteiger partial charge in [0.15, 0.2) is 5.75 Å². The van der Waals surface area contributed by atoms with Crippen LogP contribution in [0.25, 0.3) is 0 Å². The first kappa shape index (κ1) is 14.2. The van der Waals surface area contributed by atoms with E-state index >= 15 is 0 Å². The molecule has 0 heterocycles. The van der Waals surface area contributed by atoms with Gasteiger partial charge in [0.25, 0.3) is 0 Å². The van der Waals surface area contributed by atoms with Gasteiger partial charge in [0.1, 0.15) is 12.6 Å². The van der Waals surface area contributed by atoms with Crippen molar-refractivity contribution in [2.24, 2.45) is 0 Å². The fourth-order valence-corrected chi connectivity index (χ4v) is 1.48. The van der Waals surface area contributed by atoms with Gasteiger partial charge in [-0.15, -0.1) is 0 Å². The molecule has 18 heavy (non-hydrogen) atoms.